The van der Waals surface area contributed by atoms with Crippen LogP contribution in [0.2, 0.25) is 0 Å². The molecule has 1 aromatic carbocycles. The van der Waals surface area contributed by atoms with E-state index in [1.807, 2.05) is 29.2 Å². The fourth-order valence-corrected chi connectivity index (χ4v) is 2.66. The van der Waals surface area contributed by atoms with E-state index in [1.165, 1.54) is 5.56 Å². The second-order valence-electron chi connectivity index (χ2n) is 5.39. The molecular weight excluding hydrogens is 276 g/mol. The first-order valence-corrected chi connectivity index (χ1v) is 7.67. The lowest BCUT2D eigenvalue weighted by Crippen LogP contribution is -2.49. The standard InChI is InChI=1S/C17H20N4O/c1-2-14-3-5-15(6-4-14)17(22)21-11-9-20(10-12-21)16-13-18-7-8-19-16/h3-8,13H,2,9-12H2,1H3. The predicted molar refractivity (Wildman–Crippen MR) is 86.0 cm³/mol. The molecule has 0 saturated carbocycles. The summed E-state index contributed by atoms with van der Waals surface area (Å²) in [6, 6.07) is 7.92. The zero-order chi connectivity index (χ0) is 15.4. The van der Waals surface area contributed by atoms with Crippen molar-refractivity contribution in [1.82, 2.24) is 14.9 Å². The molecule has 1 amide bonds. The summed E-state index contributed by atoms with van der Waals surface area (Å²) in [5.41, 5.74) is 2.02. The molecule has 114 valence electrons. The molecule has 1 aliphatic heterocycles. The van der Waals surface area contributed by atoms with Crippen LogP contribution in [0, 0.1) is 0 Å². The van der Waals surface area contributed by atoms with Crippen molar-refractivity contribution in [3.05, 3.63) is 54.0 Å². The van der Waals surface area contributed by atoms with E-state index in [0.717, 1.165) is 30.9 Å². The Kier molecular flexibility index (Phi) is 4.32. The molecule has 0 unspecified atom stereocenters. The first kappa shape index (κ1) is 14.5. The van der Waals surface area contributed by atoms with Crippen LogP contribution in [-0.2, 0) is 6.42 Å². The minimum absolute atomic E-state index is 0.112. The number of anilines is 1. The lowest BCUT2D eigenvalue weighted by molar-refractivity contribution is 0.0746. The van der Waals surface area contributed by atoms with Gasteiger partial charge in [-0.3, -0.25) is 9.78 Å². The second kappa shape index (κ2) is 6.56. The average Bonchev–Trinajstić information content (AvgIpc) is 2.62. The van der Waals surface area contributed by atoms with Crippen LogP contribution in [0.1, 0.15) is 22.8 Å². The summed E-state index contributed by atoms with van der Waals surface area (Å²) in [5, 5.41) is 0. The zero-order valence-electron chi connectivity index (χ0n) is 12.8. The van der Waals surface area contributed by atoms with E-state index in [9.17, 15) is 4.79 Å². The summed E-state index contributed by atoms with van der Waals surface area (Å²) in [6.07, 6.45) is 6.12. The van der Waals surface area contributed by atoms with Crippen molar-refractivity contribution in [1.29, 1.82) is 0 Å². The van der Waals surface area contributed by atoms with E-state index < -0.39 is 0 Å². The third-order valence-electron chi connectivity index (χ3n) is 4.05. The van der Waals surface area contributed by atoms with E-state index in [1.54, 1.807) is 18.6 Å². The molecule has 5 nitrogen and oxygen atoms in total. The molecule has 0 N–H and O–H groups in total. The molecule has 3 rings (SSSR count). The van der Waals surface area contributed by atoms with E-state index in [4.69, 9.17) is 0 Å². The number of piperazine rings is 1. The van der Waals surface area contributed by atoms with Gasteiger partial charge < -0.3 is 9.80 Å². The highest BCUT2D eigenvalue weighted by molar-refractivity contribution is 5.94. The topological polar surface area (TPSA) is 49.3 Å². The van der Waals surface area contributed by atoms with Gasteiger partial charge in [-0.1, -0.05) is 19.1 Å². The molecule has 2 aromatic rings. The Hall–Kier alpha value is -2.43. The summed E-state index contributed by atoms with van der Waals surface area (Å²) in [7, 11) is 0. The van der Waals surface area contributed by atoms with E-state index in [2.05, 4.69) is 21.8 Å². The molecule has 0 atom stereocenters. The number of carbonyl (C=O) groups excluding carboxylic acids is 1. The number of aromatic nitrogens is 2. The highest BCUT2D eigenvalue weighted by Gasteiger charge is 2.22. The van der Waals surface area contributed by atoms with Crippen LogP contribution in [0.15, 0.2) is 42.9 Å². The van der Waals surface area contributed by atoms with Crippen LogP contribution in [0.25, 0.3) is 0 Å². The Bertz CT molecular complexity index is 619. The largest absolute Gasteiger partial charge is 0.352 e. The van der Waals surface area contributed by atoms with Crippen molar-refractivity contribution in [3.63, 3.8) is 0 Å². The van der Waals surface area contributed by atoms with Gasteiger partial charge >= 0.3 is 0 Å². The average molecular weight is 296 g/mol. The number of carbonyl (C=O) groups is 1. The second-order valence-corrected chi connectivity index (χ2v) is 5.39. The van der Waals surface area contributed by atoms with Crippen LogP contribution < -0.4 is 4.90 Å². The van der Waals surface area contributed by atoms with Gasteiger partial charge in [0.1, 0.15) is 5.82 Å². The summed E-state index contributed by atoms with van der Waals surface area (Å²) < 4.78 is 0. The van der Waals surface area contributed by atoms with Crippen molar-refractivity contribution in [2.24, 2.45) is 0 Å². The number of rotatable bonds is 3. The minimum atomic E-state index is 0.112. The summed E-state index contributed by atoms with van der Waals surface area (Å²) in [4.78, 5) is 25.0. The zero-order valence-corrected chi connectivity index (χ0v) is 12.8. The normalized spacial score (nSPS) is 15.0. The first-order valence-electron chi connectivity index (χ1n) is 7.67. The summed E-state index contributed by atoms with van der Waals surface area (Å²) >= 11 is 0. The van der Waals surface area contributed by atoms with Gasteiger partial charge in [-0.05, 0) is 24.1 Å². The lowest BCUT2D eigenvalue weighted by atomic mass is 10.1. The third-order valence-corrected chi connectivity index (χ3v) is 4.05. The molecule has 0 radical (unpaired) electrons. The Morgan fingerprint density at radius 3 is 2.41 bits per heavy atom. The highest BCUT2D eigenvalue weighted by atomic mass is 16.2. The Balaban J connectivity index is 1.62. The molecular formula is C17H20N4O. The Labute approximate surface area is 130 Å². The Morgan fingerprint density at radius 2 is 1.82 bits per heavy atom. The monoisotopic (exact) mass is 296 g/mol. The van der Waals surface area contributed by atoms with Crippen LogP contribution in [-0.4, -0.2) is 47.0 Å². The number of benzene rings is 1. The third kappa shape index (κ3) is 3.08. The SMILES string of the molecule is CCc1ccc(C(=O)N2CCN(c3cnccn3)CC2)cc1. The van der Waals surface area contributed by atoms with Gasteiger partial charge in [-0.15, -0.1) is 0 Å². The Morgan fingerprint density at radius 1 is 1.09 bits per heavy atom. The smallest absolute Gasteiger partial charge is 0.253 e. The molecule has 1 fully saturated rings. The van der Waals surface area contributed by atoms with E-state index >= 15 is 0 Å². The molecule has 2 heterocycles. The van der Waals surface area contributed by atoms with Gasteiger partial charge in [-0.25, -0.2) is 4.98 Å². The van der Waals surface area contributed by atoms with Crippen molar-refractivity contribution in [3.8, 4) is 0 Å². The van der Waals surface area contributed by atoms with Gasteiger partial charge in [0.25, 0.3) is 5.91 Å². The van der Waals surface area contributed by atoms with Gasteiger partial charge in [0.05, 0.1) is 6.20 Å². The molecule has 1 aliphatic rings. The van der Waals surface area contributed by atoms with Gasteiger partial charge in [-0.2, -0.15) is 0 Å². The lowest BCUT2D eigenvalue weighted by Gasteiger charge is -2.35. The maximum absolute atomic E-state index is 12.5. The molecule has 5 heteroatoms. The predicted octanol–water partition coefficient (Wildman–Crippen LogP) is 2.00. The minimum Gasteiger partial charge on any atom is -0.352 e. The number of nitrogens with zero attached hydrogens (tertiary/aromatic N) is 4. The van der Waals surface area contributed by atoms with Gasteiger partial charge in [0, 0.05) is 44.1 Å². The quantitative estimate of drug-likeness (QED) is 0.869. The molecule has 22 heavy (non-hydrogen) atoms. The maximum Gasteiger partial charge on any atom is 0.253 e. The molecule has 0 aliphatic carbocycles. The number of hydrogen-bond acceptors (Lipinski definition) is 4. The first-order chi connectivity index (χ1) is 10.8. The van der Waals surface area contributed by atoms with Crippen molar-refractivity contribution >= 4 is 11.7 Å². The highest BCUT2D eigenvalue weighted by Crippen LogP contribution is 2.14. The molecule has 0 bridgehead atoms. The van der Waals surface area contributed by atoms with E-state index in [-0.39, 0.29) is 5.91 Å². The van der Waals surface area contributed by atoms with Crippen molar-refractivity contribution in [2.45, 2.75) is 13.3 Å². The fourth-order valence-electron chi connectivity index (χ4n) is 2.66. The number of hydrogen-bond donors (Lipinski definition) is 0. The van der Waals surface area contributed by atoms with Crippen LogP contribution in [0.5, 0.6) is 0 Å². The van der Waals surface area contributed by atoms with Gasteiger partial charge in [0.2, 0.25) is 0 Å². The van der Waals surface area contributed by atoms with Crippen molar-refractivity contribution in [2.75, 3.05) is 31.1 Å². The van der Waals surface area contributed by atoms with E-state index in [0.29, 0.717) is 13.1 Å². The van der Waals surface area contributed by atoms with Crippen LogP contribution >= 0.6 is 0 Å². The van der Waals surface area contributed by atoms with Crippen LogP contribution in [0.3, 0.4) is 0 Å². The van der Waals surface area contributed by atoms with Crippen molar-refractivity contribution < 1.29 is 4.79 Å². The van der Waals surface area contributed by atoms with Crippen LogP contribution in [0.4, 0.5) is 5.82 Å². The number of aryl methyl sites for hydroxylation is 1. The molecule has 1 saturated heterocycles. The fraction of sp³-hybridized carbons (Fsp3) is 0.353. The molecule has 0 spiro atoms. The maximum atomic E-state index is 12.5. The summed E-state index contributed by atoms with van der Waals surface area (Å²) in [6.45, 7) is 5.12. The van der Waals surface area contributed by atoms with Gasteiger partial charge in [0.15, 0.2) is 0 Å². The summed E-state index contributed by atoms with van der Waals surface area (Å²) in [5.74, 6) is 0.989. The number of amides is 1. The molecule has 1 aromatic heterocycles.